The molecular weight excluding hydrogens is 182 g/mol. The molecule has 0 bridgehead atoms. The van der Waals surface area contributed by atoms with Crippen LogP contribution in [-0.2, 0) is 9.59 Å². The summed E-state index contributed by atoms with van der Waals surface area (Å²) in [7, 11) is 0. The normalized spacial score (nSPS) is 20.9. The summed E-state index contributed by atoms with van der Waals surface area (Å²) in [5, 5.41) is 9.06. The highest BCUT2D eigenvalue weighted by Gasteiger charge is 2.29. The molecule has 1 atom stereocenters. The van der Waals surface area contributed by atoms with Crippen LogP contribution in [-0.4, -0.2) is 34.5 Å². The Bertz CT molecular complexity index is 205. The minimum Gasteiger partial charge on any atom is -0.394 e. The van der Waals surface area contributed by atoms with Crippen molar-refractivity contribution in [2.75, 3.05) is 6.61 Å². The molecular formula is C10H17NO3. The van der Waals surface area contributed by atoms with Crippen LogP contribution < -0.4 is 0 Å². The second-order valence-corrected chi connectivity index (χ2v) is 3.61. The Morgan fingerprint density at radius 3 is 2.14 bits per heavy atom. The largest absolute Gasteiger partial charge is 0.394 e. The number of amides is 2. The summed E-state index contributed by atoms with van der Waals surface area (Å²) in [6.07, 6.45) is 3.05. The first-order valence-corrected chi connectivity index (χ1v) is 5.16. The highest BCUT2D eigenvalue weighted by molar-refractivity contribution is 5.96. The van der Waals surface area contributed by atoms with Crippen LogP contribution in [0.3, 0.4) is 0 Å². The molecule has 1 N–H and O–H groups in total. The van der Waals surface area contributed by atoms with E-state index in [1.165, 1.54) is 4.90 Å². The van der Waals surface area contributed by atoms with Gasteiger partial charge in [0.05, 0.1) is 12.6 Å². The molecule has 4 nitrogen and oxygen atoms in total. The Morgan fingerprint density at radius 1 is 1.29 bits per heavy atom. The Morgan fingerprint density at radius 2 is 1.79 bits per heavy atom. The maximum atomic E-state index is 11.6. The first-order valence-electron chi connectivity index (χ1n) is 5.16. The maximum Gasteiger partial charge on any atom is 0.229 e. The van der Waals surface area contributed by atoms with Crippen molar-refractivity contribution in [2.24, 2.45) is 0 Å². The second kappa shape index (κ2) is 5.10. The van der Waals surface area contributed by atoms with Gasteiger partial charge in [-0.2, -0.15) is 0 Å². The van der Waals surface area contributed by atoms with Gasteiger partial charge < -0.3 is 5.11 Å². The molecule has 80 valence electrons. The Labute approximate surface area is 83.9 Å². The third-order valence-electron chi connectivity index (χ3n) is 2.62. The molecule has 1 saturated heterocycles. The molecule has 1 aliphatic rings. The van der Waals surface area contributed by atoms with Crippen LogP contribution in [0.15, 0.2) is 0 Å². The smallest absolute Gasteiger partial charge is 0.229 e. The van der Waals surface area contributed by atoms with Crippen molar-refractivity contribution in [3.8, 4) is 0 Å². The number of imide groups is 1. The molecule has 0 aromatic carbocycles. The van der Waals surface area contributed by atoms with E-state index >= 15 is 0 Å². The highest BCUT2D eigenvalue weighted by Crippen LogP contribution is 2.16. The Balaban J connectivity index is 2.78. The number of rotatable bonds is 3. The average Bonchev–Trinajstić information content (AvgIpc) is 2.33. The van der Waals surface area contributed by atoms with Crippen LogP contribution in [0.25, 0.3) is 0 Å². The van der Waals surface area contributed by atoms with E-state index in [1.54, 1.807) is 0 Å². The Kier molecular flexibility index (Phi) is 4.07. The molecule has 0 aliphatic carbocycles. The lowest BCUT2D eigenvalue weighted by Gasteiger charge is -2.26. The van der Waals surface area contributed by atoms with Gasteiger partial charge in [-0.25, -0.2) is 0 Å². The van der Waals surface area contributed by atoms with Gasteiger partial charge in [-0.05, 0) is 19.3 Å². The molecule has 1 fully saturated rings. The molecule has 0 saturated carbocycles. The summed E-state index contributed by atoms with van der Waals surface area (Å²) < 4.78 is 0. The Hall–Kier alpha value is -0.900. The van der Waals surface area contributed by atoms with Crippen molar-refractivity contribution in [3.63, 3.8) is 0 Å². The SMILES string of the molecule is CC[C@H](CO)N1C(=O)CCCCC1=O. The molecule has 0 aromatic heterocycles. The van der Waals surface area contributed by atoms with E-state index < -0.39 is 0 Å². The topological polar surface area (TPSA) is 57.6 Å². The summed E-state index contributed by atoms with van der Waals surface area (Å²) in [6.45, 7) is 1.74. The lowest BCUT2D eigenvalue weighted by molar-refractivity contribution is -0.147. The fourth-order valence-corrected chi connectivity index (χ4v) is 1.73. The first-order chi connectivity index (χ1) is 6.70. The van der Waals surface area contributed by atoms with E-state index in [0.717, 1.165) is 12.8 Å². The van der Waals surface area contributed by atoms with Gasteiger partial charge in [-0.3, -0.25) is 14.5 Å². The number of nitrogens with zero attached hydrogens (tertiary/aromatic N) is 1. The number of carbonyl (C=O) groups is 2. The summed E-state index contributed by atoms with van der Waals surface area (Å²) >= 11 is 0. The van der Waals surface area contributed by atoms with E-state index in [9.17, 15) is 9.59 Å². The molecule has 0 unspecified atom stereocenters. The summed E-state index contributed by atoms with van der Waals surface area (Å²) in [4.78, 5) is 24.4. The maximum absolute atomic E-state index is 11.6. The molecule has 0 aromatic rings. The van der Waals surface area contributed by atoms with Gasteiger partial charge >= 0.3 is 0 Å². The van der Waals surface area contributed by atoms with Crippen molar-refractivity contribution in [1.82, 2.24) is 4.90 Å². The van der Waals surface area contributed by atoms with Gasteiger partial charge in [-0.15, -0.1) is 0 Å². The zero-order valence-corrected chi connectivity index (χ0v) is 8.53. The van der Waals surface area contributed by atoms with Crippen LogP contribution in [0.2, 0.25) is 0 Å². The third-order valence-corrected chi connectivity index (χ3v) is 2.62. The number of aliphatic hydroxyl groups excluding tert-OH is 1. The van der Waals surface area contributed by atoms with Gasteiger partial charge in [0.2, 0.25) is 11.8 Å². The molecule has 0 radical (unpaired) electrons. The summed E-state index contributed by atoms with van der Waals surface area (Å²) in [6, 6.07) is -0.326. The van der Waals surface area contributed by atoms with Crippen molar-refractivity contribution >= 4 is 11.8 Å². The van der Waals surface area contributed by atoms with Gasteiger partial charge in [0, 0.05) is 12.8 Å². The zero-order valence-electron chi connectivity index (χ0n) is 8.53. The molecule has 1 rings (SSSR count). The van der Waals surface area contributed by atoms with Crippen LogP contribution >= 0.6 is 0 Å². The quantitative estimate of drug-likeness (QED) is 0.680. The molecule has 0 spiro atoms. The molecule has 4 heteroatoms. The lowest BCUT2D eigenvalue weighted by Crippen LogP contribution is -2.45. The van der Waals surface area contributed by atoms with Crippen LogP contribution in [0.1, 0.15) is 39.0 Å². The third kappa shape index (κ3) is 2.32. The second-order valence-electron chi connectivity index (χ2n) is 3.61. The number of likely N-dealkylation sites (tertiary alicyclic amines) is 1. The van der Waals surface area contributed by atoms with Crippen LogP contribution in [0, 0.1) is 0 Å². The molecule has 1 heterocycles. The van der Waals surface area contributed by atoms with E-state index in [1.807, 2.05) is 6.92 Å². The predicted octanol–water partition coefficient (Wildman–Crippen LogP) is 0.686. The van der Waals surface area contributed by atoms with Crippen molar-refractivity contribution < 1.29 is 14.7 Å². The van der Waals surface area contributed by atoms with E-state index in [4.69, 9.17) is 5.11 Å². The monoisotopic (exact) mass is 199 g/mol. The van der Waals surface area contributed by atoms with Gasteiger partial charge in [0.25, 0.3) is 0 Å². The van der Waals surface area contributed by atoms with Gasteiger partial charge in [0.1, 0.15) is 0 Å². The van der Waals surface area contributed by atoms with Crippen molar-refractivity contribution in [2.45, 2.75) is 45.1 Å². The van der Waals surface area contributed by atoms with E-state index in [0.29, 0.717) is 19.3 Å². The molecule has 2 amide bonds. The minimum atomic E-state index is -0.326. The fraction of sp³-hybridized carbons (Fsp3) is 0.800. The minimum absolute atomic E-state index is 0.131. The molecule has 1 aliphatic heterocycles. The van der Waals surface area contributed by atoms with E-state index in [-0.39, 0.29) is 24.5 Å². The van der Waals surface area contributed by atoms with Crippen molar-refractivity contribution in [1.29, 1.82) is 0 Å². The zero-order chi connectivity index (χ0) is 10.6. The van der Waals surface area contributed by atoms with Crippen molar-refractivity contribution in [3.05, 3.63) is 0 Å². The van der Waals surface area contributed by atoms with Crippen LogP contribution in [0.5, 0.6) is 0 Å². The van der Waals surface area contributed by atoms with Gasteiger partial charge in [0.15, 0.2) is 0 Å². The van der Waals surface area contributed by atoms with E-state index in [2.05, 4.69) is 0 Å². The number of hydrogen-bond acceptors (Lipinski definition) is 3. The number of carbonyl (C=O) groups excluding carboxylic acids is 2. The molecule has 14 heavy (non-hydrogen) atoms. The number of hydrogen-bond donors (Lipinski definition) is 1. The van der Waals surface area contributed by atoms with Crippen LogP contribution in [0.4, 0.5) is 0 Å². The fourth-order valence-electron chi connectivity index (χ4n) is 1.73. The van der Waals surface area contributed by atoms with Gasteiger partial charge in [-0.1, -0.05) is 6.92 Å². The predicted molar refractivity (Wildman–Crippen MR) is 51.5 cm³/mol. The first kappa shape index (κ1) is 11.2. The lowest BCUT2D eigenvalue weighted by atomic mass is 10.2. The summed E-state index contributed by atoms with van der Waals surface area (Å²) in [5.74, 6) is -0.262. The highest BCUT2D eigenvalue weighted by atomic mass is 16.3. The average molecular weight is 199 g/mol. The number of aliphatic hydroxyl groups is 1. The summed E-state index contributed by atoms with van der Waals surface area (Å²) in [5.41, 5.74) is 0. The standard InChI is InChI=1S/C10H17NO3/c1-2-8(7-12)11-9(13)5-3-4-6-10(11)14/h8,12H,2-7H2,1H3/t8-/m1/s1.